The molecule has 1 rings (SSSR count). The minimum absolute atomic E-state index is 0.537. The van der Waals surface area contributed by atoms with Gasteiger partial charge < -0.3 is 5.32 Å². The fourth-order valence-electron chi connectivity index (χ4n) is 1.64. The third kappa shape index (κ3) is 2.10. The summed E-state index contributed by atoms with van der Waals surface area (Å²) >= 11 is 0. The molecule has 1 aliphatic heterocycles. The number of hydrogen-bond acceptors (Lipinski definition) is 3. The van der Waals surface area contributed by atoms with Gasteiger partial charge in [-0.05, 0) is 20.3 Å². The lowest BCUT2D eigenvalue weighted by molar-refractivity contribution is 0.411. The normalized spacial score (nSPS) is 27.1. The van der Waals surface area contributed by atoms with Gasteiger partial charge in [-0.3, -0.25) is 0 Å². The summed E-state index contributed by atoms with van der Waals surface area (Å²) in [5, 5.41) is 3.16. The van der Waals surface area contributed by atoms with Gasteiger partial charge in [-0.1, -0.05) is 6.92 Å². The Hall–Kier alpha value is -0.130. The molecule has 0 saturated carbocycles. The first-order valence-electron chi connectivity index (χ1n) is 5.12. The zero-order valence-electron chi connectivity index (χ0n) is 9.21. The van der Waals surface area contributed by atoms with Gasteiger partial charge in [0.15, 0.2) is 0 Å². The minimum atomic E-state index is -3.13. The Kier molecular flexibility index (Phi) is 3.55. The van der Waals surface area contributed by atoms with Crippen molar-refractivity contribution in [2.75, 3.05) is 26.2 Å². The molecule has 0 aromatic rings. The van der Waals surface area contributed by atoms with E-state index < -0.39 is 14.8 Å². The number of sulfonamides is 1. The van der Waals surface area contributed by atoms with Gasteiger partial charge in [-0.2, -0.15) is 0 Å². The Morgan fingerprint density at radius 2 is 2.07 bits per heavy atom. The summed E-state index contributed by atoms with van der Waals surface area (Å²) in [5.41, 5.74) is 0. The Bertz CT molecular complexity index is 285. The van der Waals surface area contributed by atoms with Gasteiger partial charge in [0.2, 0.25) is 10.0 Å². The van der Waals surface area contributed by atoms with Gasteiger partial charge in [-0.25, -0.2) is 12.7 Å². The highest BCUT2D eigenvalue weighted by atomic mass is 32.2. The molecule has 1 N–H and O–H groups in total. The van der Waals surface area contributed by atoms with Crippen molar-refractivity contribution in [1.82, 2.24) is 9.62 Å². The zero-order valence-corrected chi connectivity index (χ0v) is 10.0. The molecular formula is C9H20N2O2S. The summed E-state index contributed by atoms with van der Waals surface area (Å²) in [6, 6.07) is 0. The van der Waals surface area contributed by atoms with Crippen molar-refractivity contribution in [3.8, 4) is 0 Å². The van der Waals surface area contributed by atoms with Crippen LogP contribution in [0.4, 0.5) is 0 Å². The highest BCUT2D eigenvalue weighted by molar-refractivity contribution is 7.90. The third-order valence-electron chi connectivity index (χ3n) is 2.60. The van der Waals surface area contributed by atoms with Crippen LogP contribution in [0.25, 0.3) is 0 Å². The van der Waals surface area contributed by atoms with E-state index in [4.69, 9.17) is 0 Å². The van der Waals surface area contributed by atoms with Gasteiger partial charge in [-0.15, -0.1) is 0 Å². The third-order valence-corrected chi connectivity index (χ3v) is 5.19. The SMILES string of the molecule is CCCN1CCNCC(C)(C)S1(=O)=O. The average Bonchev–Trinajstić information content (AvgIpc) is 2.17. The lowest BCUT2D eigenvalue weighted by Crippen LogP contribution is -2.46. The lowest BCUT2D eigenvalue weighted by Gasteiger charge is -2.28. The second-order valence-electron chi connectivity index (χ2n) is 4.34. The predicted octanol–water partition coefficient (Wildman–Crippen LogP) is 0.410. The van der Waals surface area contributed by atoms with E-state index in [1.807, 2.05) is 6.92 Å². The summed E-state index contributed by atoms with van der Waals surface area (Å²) in [4.78, 5) is 0. The Balaban J connectivity index is 2.95. The summed E-state index contributed by atoms with van der Waals surface area (Å²) in [6.45, 7) is 8.08. The van der Waals surface area contributed by atoms with Crippen molar-refractivity contribution >= 4 is 10.0 Å². The second-order valence-corrected chi connectivity index (χ2v) is 6.91. The molecule has 4 nitrogen and oxygen atoms in total. The van der Waals surface area contributed by atoms with Crippen LogP contribution in [-0.2, 0) is 10.0 Å². The first kappa shape index (κ1) is 11.9. The van der Waals surface area contributed by atoms with E-state index in [-0.39, 0.29) is 0 Å². The van der Waals surface area contributed by atoms with Gasteiger partial charge in [0, 0.05) is 26.2 Å². The van der Waals surface area contributed by atoms with Crippen LogP contribution >= 0.6 is 0 Å². The molecular weight excluding hydrogens is 200 g/mol. The maximum absolute atomic E-state index is 12.1. The summed E-state index contributed by atoms with van der Waals surface area (Å²) in [6.07, 6.45) is 0.870. The molecule has 84 valence electrons. The Morgan fingerprint density at radius 3 is 2.64 bits per heavy atom. The summed E-state index contributed by atoms with van der Waals surface area (Å²) in [5.74, 6) is 0. The number of nitrogens with one attached hydrogen (secondary N) is 1. The van der Waals surface area contributed by atoms with Gasteiger partial charge in [0.25, 0.3) is 0 Å². The van der Waals surface area contributed by atoms with Crippen molar-refractivity contribution in [1.29, 1.82) is 0 Å². The molecule has 0 spiro atoms. The largest absolute Gasteiger partial charge is 0.314 e. The molecule has 0 amide bonds. The molecule has 1 saturated heterocycles. The van der Waals surface area contributed by atoms with Crippen molar-refractivity contribution < 1.29 is 8.42 Å². The van der Waals surface area contributed by atoms with Crippen LogP contribution in [0.5, 0.6) is 0 Å². The van der Waals surface area contributed by atoms with Crippen LogP contribution < -0.4 is 5.32 Å². The molecule has 0 aromatic carbocycles. The molecule has 5 heteroatoms. The van der Waals surface area contributed by atoms with Gasteiger partial charge in [0.05, 0.1) is 4.75 Å². The predicted molar refractivity (Wildman–Crippen MR) is 57.7 cm³/mol. The highest BCUT2D eigenvalue weighted by Crippen LogP contribution is 2.22. The van der Waals surface area contributed by atoms with Gasteiger partial charge in [0.1, 0.15) is 0 Å². The van der Waals surface area contributed by atoms with Crippen LogP contribution in [-0.4, -0.2) is 43.6 Å². The maximum atomic E-state index is 12.1. The molecule has 0 aromatic heterocycles. The van der Waals surface area contributed by atoms with E-state index in [9.17, 15) is 8.42 Å². The lowest BCUT2D eigenvalue weighted by atomic mass is 10.2. The minimum Gasteiger partial charge on any atom is -0.314 e. The first-order valence-corrected chi connectivity index (χ1v) is 6.56. The van der Waals surface area contributed by atoms with E-state index >= 15 is 0 Å². The summed E-state index contributed by atoms with van der Waals surface area (Å²) < 4.78 is 25.2. The van der Waals surface area contributed by atoms with Crippen molar-refractivity contribution in [3.05, 3.63) is 0 Å². The zero-order chi connectivity index (χ0) is 10.8. The van der Waals surface area contributed by atoms with Crippen LogP contribution in [0.15, 0.2) is 0 Å². The van der Waals surface area contributed by atoms with Crippen molar-refractivity contribution in [2.24, 2.45) is 0 Å². The Morgan fingerprint density at radius 1 is 1.43 bits per heavy atom. The topological polar surface area (TPSA) is 49.4 Å². The van der Waals surface area contributed by atoms with Crippen LogP contribution in [0.2, 0.25) is 0 Å². The Labute approximate surface area is 86.7 Å². The molecule has 1 aliphatic rings. The van der Waals surface area contributed by atoms with Crippen molar-refractivity contribution in [3.63, 3.8) is 0 Å². The summed E-state index contributed by atoms with van der Waals surface area (Å²) in [7, 11) is -3.13. The molecule has 0 radical (unpaired) electrons. The van der Waals surface area contributed by atoms with Crippen LogP contribution in [0, 0.1) is 0 Å². The number of hydrogen-bond donors (Lipinski definition) is 1. The molecule has 0 aliphatic carbocycles. The standard InChI is InChI=1S/C9H20N2O2S/c1-4-6-11-7-5-10-8-9(2,3)14(11,12)13/h10H,4-8H2,1-3H3. The molecule has 0 atom stereocenters. The number of nitrogens with zero attached hydrogens (tertiary/aromatic N) is 1. The number of rotatable bonds is 2. The average molecular weight is 220 g/mol. The molecule has 1 heterocycles. The molecule has 14 heavy (non-hydrogen) atoms. The maximum Gasteiger partial charge on any atom is 0.220 e. The van der Waals surface area contributed by atoms with E-state index in [0.717, 1.165) is 13.0 Å². The first-order chi connectivity index (χ1) is 6.42. The monoisotopic (exact) mass is 220 g/mol. The van der Waals surface area contributed by atoms with E-state index in [2.05, 4.69) is 5.32 Å². The second kappa shape index (κ2) is 4.16. The van der Waals surface area contributed by atoms with Crippen molar-refractivity contribution in [2.45, 2.75) is 31.9 Å². The van der Waals surface area contributed by atoms with E-state index in [1.165, 1.54) is 0 Å². The van der Waals surface area contributed by atoms with Crippen LogP contribution in [0.3, 0.4) is 0 Å². The highest BCUT2D eigenvalue weighted by Gasteiger charge is 2.40. The van der Waals surface area contributed by atoms with E-state index in [0.29, 0.717) is 19.6 Å². The quantitative estimate of drug-likeness (QED) is 0.733. The molecule has 0 bridgehead atoms. The molecule has 0 unspecified atom stereocenters. The fraction of sp³-hybridized carbons (Fsp3) is 1.00. The van der Waals surface area contributed by atoms with Crippen LogP contribution in [0.1, 0.15) is 27.2 Å². The van der Waals surface area contributed by atoms with Gasteiger partial charge >= 0.3 is 0 Å². The smallest absolute Gasteiger partial charge is 0.220 e. The fourth-order valence-corrected chi connectivity index (χ4v) is 3.37. The van der Waals surface area contributed by atoms with E-state index in [1.54, 1.807) is 18.2 Å². The molecule has 1 fully saturated rings.